The Morgan fingerprint density at radius 2 is 1.62 bits per heavy atom. The Labute approximate surface area is 176 Å². The average Bonchev–Trinajstić information content (AvgIpc) is 2.96. The highest BCUT2D eigenvalue weighted by atomic mass is 35.5. The number of ether oxygens (including phenoxy) is 1. The van der Waals surface area contributed by atoms with Crippen molar-refractivity contribution < 1.29 is 24.0 Å². The Hall–Kier alpha value is -2.45. The first kappa shape index (κ1) is 19.8. The van der Waals surface area contributed by atoms with Crippen molar-refractivity contribution in [2.45, 2.75) is 6.04 Å². The van der Waals surface area contributed by atoms with E-state index in [-0.39, 0.29) is 16.1 Å². The first-order valence-electron chi connectivity index (χ1n) is 8.93. The zero-order chi connectivity index (χ0) is 20.5. The lowest BCUT2D eigenvalue weighted by Crippen LogP contribution is -2.45. The molecule has 0 spiro atoms. The summed E-state index contributed by atoms with van der Waals surface area (Å²) in [5, 5.41) is 1.21. The molecule has 0 N–H and O–H groups in total. The number of hydrogen-bond acceptors (Lipinski definition) is 6. The molecule has 0 bridgehead atoms. The van der Waals surface area contributed by atoms with Crippen LogP contribution in [0, 0.1) is 0 Å². The molecule has 2 aliphatic rings. The molecule has 0 aliphatic carbocycles. The minimum atomic E-state index is -0.923. The molecule has 2 aliphatic heterocycles. The van der Waals surface area contributed by atoms with Crippen molar-refractivity contribution in [3.8, 4) is 0 Å². The fourth-order valence-corrected chi connectivity index (χ4v) is 3.93. The van der Waals surface area contributed by atoms with Gasteiger partial charge in [-0.1, -0.05) is 46.5 Å². The molecule has 1 saturated heterocycles. The number of benzene rings is 2. The van der Waals surface area contributed by atoms with Crippen molar-refractivity contribution in [1.82, 2.24) is 9.96 Å². The van der Waals surface area contributed by atoms with E-state index in [1.54, 1.807) is 24.3 Å². The van der Waals surface area contributed by atoms with E-state index in [1.165, 1.54) is 18.2 Å². The molecular formula is C20H16Cl2N2O5. The highest BCUT2D eigenvalue weighted by Crippen LogP contribution is 2.33. The summed E-state index contributed by atoms with van der Waals surface area (Å²) in [6.45, 7) is 1.78. The number of rotatable bonds is 4. The number of carbonyl (C=O) groups excluding carboxylic acids is 3. The zero-order valence-corrected chi connectivity index (χ0v) is 16.7. The van der Waals surface area contributed by atoms with Crippen LogP contribution in [0.25, 0.3) is 0 Å². The number of carbonyl (C=O) groups is 3. The molecule has 0 saturated carbocycles. The van der Waals surface area contributed by atoms with Crippen LogP contribution >= 0.6 is 23.2 Å². The van der Waals surface area contributed by atoms with Crippen molar-refractivity contribution in [3.05, 3.63) is 69.2 Å². The van der Waals surface area contributed by atoms with Crippen LogP contribution in [0.5, 0.6) is 0 Å². The van der Waals surface area contributed by atoms with Crippen molar-refractivity contribution in [3.63, 3.8) is 0 Å². The number of morpholine rings is 1. The van der Waals surface area contributed by atoms with Crippen molar-refractivity contribution in [2.24, 2.45) is 0 Å². The summed E-state index contributed by atoms with van der Waals surface area (Å²) in [7, 11) is 0. The highest BCUT2D eigenvalue weighted by Gasteiger charge is 2.41. The summed E-state index contributed by atoms with van der Waals surface area (Å²) in [6.07, 6.45) is 0. The van der Waals surface area contributed by atoms with Crippen molar-refractivity contribution in [1.29, 1.82) is 0 Å². The van der Waals surface area contributed by atoms with Gasteiger partial charge in [-0.15, -0.1) is 0 Å². The third-order valence-electron chi connectivity index (χ3n) is 4.83. The quantitative estimate of drug-likeness (QED) is 0.688. The van der Waals surface area contributed by atoms with Gasteiger partial charge < -0.3 is 9.57 Å². The van der Waals surface area contributed by atoms with Gasteiger partial charge in [0.1, 0.15) is 6.04 Å². The van der Waals surface area contributed by atoms with E-state index >= 15 is 0 Å². The Kier molecular flexibility index (Phi) is 5.56. The van der Waals surface area contributed by atoms with E-state index < -0.39 is 23.8 Å². The topological polar surface area (TPSA) is 76.2 Å². The van der Waals surface area contributed by atoms with E-state index in [2.05, 4.69) is 0 Å². The van der Waals surface area contributed by atoms with E-state index in [9.17, 15) is 14.4 Å². The van der Waals surface area contributed by atoms with Gasteiger partial charge in [-0.3, -0.25) is 14.5 Å². The summed E-state index contributed by atoms with van der Waals surface area (Å²) in [5.41, 5.74) is 0.857. The summed E-state index contributed by atoms with van der Waals surface area (Å²) in [4.78, 5) is 45.3. The number of imide groups is 1. The molecule has 2 aromatic rings. The van der Waals surface area contributed by atoms with Crippen molar-refractivity contribution >= 4 is 41.0 Å². The monoisotopic (exact) mass is 434 g/mol. The van der Waals surface area contributed by atoms with Gasteiger partial charge in [-0.25, -0.2) is 4.79 Å². The molecule has 0 aromatic heterocycles. The standard InChI is InChI=1S/C20H16Cl2N2O5/c21-12-5-6-15(16(22)11-12)17(23-7-9-28-10-8-23)20(27)29-24-18(25)13-3-1-2-4-14(13)19(24)26/h1-6,11,17H,7-10H2. The average molecular weight is 435 g/mol. The molecule has 1 fully saturated rings. The van der Waals surface area contributed by atoms with E-state index in [4.69, 9.17) is 32.8 Å². The SMILES string of the molecule is O=C(ON1C(=O)c2ccccc2C1=O)C(c1ccc(Cl)cc1Cl)N1CCOCC1. The molecule has 9 heteroatoms. The molecule has 2 aromatic carbocycles. The molecule has 2 amide bonds. The number of fused-ring (bicyclic) bond motifs is 1. The van der Waals surface area contributed by atoms with Gasteiger partial charge in [0.05, 0.1) is 24.3 Å². The summed E-state index contributed by atoms with van der Waals surface area (Å²) < 4.78 is 5.36. The third-order valence-corrected chi connectivity index (χ3v) is 5.39. The van der Waals surface area contributed by atoms with Gasteiger partial charge >= 0.3 is 5.97 Å². The number of hydrogen-bond donors (Lipinski definition) is 0. The van der Waals surface area contributed by atoms with Crippen LogP contribution in [0.2, 0.25) is 10.0 Å². The predicted molar refractivity (Wildman–Crippen MR) is 105 cm³/mol. The second-order valence-electron chi connectivity index (χ2n) is 6.58. The predicted octanol–water partition coefficient (Wildman–Crippen LogP) is 3.12. The molecule has 0 radical (unpaired) electrons. The zero-order valence-electron chi connectivity index (χ0n) is 15.1. The molecule has 1 unspecified atom stereocenters. The maximum Gasteiger partial charge on any atom is 0.354 e. The Bertz CT molecular complexity index is 956. The minimum Gasteiger partial charge on any atom is -0.379 e. The molecule has 4 rings (SSSR count). The summed E-state index contributed by atoms with van der Waals surface area (Å²) in [5.74, 6) is -2.14. The molecule has 2 heterocycles. The van der Waals surface area contributed by atoms with Gasteiger partial charge in [0.2, 0.25) is 0 Å². The Balaban J connectivity index is 1.64. The first-order chi connectivity index (χ1) is 14.0. The Morgan fingerprint density at radius 3 is 2.21 bits per heavy atom. The van der Waals surface area contributed by atoms with E-state index in [0.717, 1.165) is 0 Å². The van der Waals surface area contributed by atoms with Gasteiger partial charge in [-0.05, 0) is 29.8 Å². The number of amides is 2. The normalized spacial score (nSPS) is 17.9. The molecule has 150 valence electrons. The summed E-state index contributed by atoms with van der Waals surface area (Å²) >= 11 is 12.3. The second kappa shape index (κ2) is 8.12. The van der Waals surface area contributed by atoms with E-state index in [1.807, 2.05) is 4.90 Å². The van der Waals surface area contributed by atoms with Crippen LogP contribution in [0.1, 0.15) is 32.3 Å². The van der Waals surface area contributed by atoms with Gasteiger partial charge in [0, 0.05) is 23.1 Å². The van der Waals surface area contributed by atoms with Crippen LogP contribution in [-0.2, 0) is 14.4 Å². The van der Waals surface area contributed by atoms with Gasteiger partial charge in [-0.2, -0.15) is 0 Å². The maximum atomic E-state index is 13.1. The molecular weight excluding hydrogens is 419 g/mol. The number of hydroxylamine groups is 2. The van der Waals surface area contributed by atoms with Crippen LogP contribution in [0.4, 0.5) is 0 Å². The minimum absolute atomic E-state index is 0.192. The first-order valence-corrected chi connectivity index (χ1v) is 9.69. The Morgan fingerprint density at radius 1 is 1.00 bits per heavy atom. The van der Waals surface area contributed by atoms with Gasteiger partial charge in [0.15, 0.2) is 0 Å². The van der Waals surface area contributed by atoms with Crippen LogP contribution in [0.3, 0.4) is 0 Å². The highest BCUT2D eigenvalue weighted by molar-refractivity contribution is 6.35. The van der Waals surface area contributed by atoms with E-state index in [0.29, 0.717) is 42.0 Å². The van der Waals surface area contributed by atoms with Crippen LogP contribution < -0.4 is 0 Å². The summed E-state index contributed by atoms with van der Waals surface area (Å²) in [6, 6.07) is 10.2. The maximum absolute atomic E-state index is 13.1. The lowest BCUT2D eigenvalue weighted by molar-refractivity contribution is -0.177. The fourth-order valence-electron chi connectivity index (χ4n) is 3.42. The lowest BCUT2D eigenvalue weighted by atomic mass is 10.0. The molecule has 7 nitrogen and oxygen atoms in total. The second-order valence-corrected chi connectivity index (χ2v) is 7.42. The van der Waals surface area contributed by atoms with Crippen molar-refractivity contribution in [2.75, 3.05) is 26.3 Å². The van der Waals surface area contributed by atoms with Gasteiger partial charge in [0.25, 0.3) is 11.8 Å². The van der Waals surface area contributed by atoms with Crippen LogP contribution in [0.15, 0.2) is 42.5 Å². The smallest absolute Gasteiger partial charge is 0.354 e. The molecule has 29 heavy (non-hydrogen) atoms. The lowest BCUT2D eigenvalue weighted by Gasteiger charge is -2.33. The fraction of sp³-hybridized carbons (Fsp3) is 0.250. The number of nitrogens with zero attached hydrogens (tertiary/aromatic N) is 2. The number of halogens is 2. The van der Waals surface area contributed by atoms with Crippen LogP contribution in [-0.4, -0.2) is 54.1 Å². The largest absolute Gasteiger partial charge is 0.379 e. The molecule has 1 atom stereocenters. The third kappa shape index (κ3) is 3.74.